The summed E-state index contributed by atoms with van der Waals surface area (Å²) in [6.45, 7) is 1.09. The maximum absolute atomic E-state index is 11.2. The van der Waals surface area contributed by atoms with E-state index in [4.69, 9.17) is 9.47 Å². The van der Waals surface area contributed by atoms with Gasteiger partial charge in [-0.2, -0.15) is 0 Å². The van der Waals surface area contributed by atoms with Crippen LogP contribution in [0, 0.1) is 5.92 Å². The molecule has 120 valence electrons. The predicted molar refractivity (Wildman–Crippen MR) is 85.7 cm³/mol. The van der Waals surface area contributed by atoms with Gasteiger partial charge >= 0.3 is 0 Å². The van der Waals surface area contributed by atoms with E-state index in [9.17, 15) is 4.79 Å². The van der Waals surface area contributed by atoms with E-state index in [-0.39, 0.29) is 11.3 Å². The van der Waals surface area contributed by atoms with Crippen molar-refractivity contribution in [3.63, 3.8) is 0 Å². The van der Waals surface area contributed by atoms with Crippen molar-refractivity contribution in [3.05, 3.63) is 23.8 Å². The highest BCUT2D eigenvalue weighted by molar-refractivity contribution is 5.55. The number of fused-ring (bicyclic) bond motifs is 1. The summed E-state index contributed by atoms with van der Waals surface area (Å²) >= 11 is 0. The van der Waals surface area contributed by atoms with Crippen molar-refractivity contribution >= 4 is 6.29 Å². The maximum atomic E-state index is 11.2. The predicted octanol–water partition coefficient (Wildman–Crippen LogP) is 2.64. The van der Waals surface area contributed by atoms with Gasteiger partial charge in [-0.05, 0) is 57.0 Å². The van der Waals surface area contributed by atoms with Crippen LogP contribution in [-0.2, 0) is 10.2 Å². The second-order valence-corrected chi connectivity index (χ2v) is 6.64. The normalized spacial score (nSPS) is 31.6. The second-order valence-electron chi connectivity index (χ2n) is 6.64. The van der Waals surface area contributed by atoms with Crippen LogP contribution in [0.4, 0.5) is 0 Å². The molecule has 1 heterocycles. The molecule has 0 aromatic heterocycles. The number of aldehydes is 1. The molecule has 0 bridgehead atoms. The molecule has 4 nitrogen and oxygen atoms in total. The molecule has 1 saturated carbocycles. The standard InChI is InChI=1S/C18H25NO3/c1-19-9-8-18(7-6-13(12-20)10-17(18)19)14-4-5-15(21-2)16(11-14)22-3/h4-5,11-13,17H,6-10H2,1-3H3. The molecule has 1 aromatic carbocycles. The zero-order valence-corrected chi connectivity index (χ0v) is 13.7. The van der Waals surface area contributed by atoms with Crippen LogP contribution in [-0.4, -0.2) is 45.0 Å². The number of carbonyl (C=O) groups is 1. The van der Waals surface area contributed by atoms with E-state index in [1.54, 1.807) is 14.2 Å². The molecule has 0 spiro atoms. The van der Waals surface area contributed by atoms with E-state index < -0.39 is 0 Å². The highest BCUT2D eigenvalue weighted by atomic mass is 16.5. The molecule has 2 fully saturated rings. The van der Waals surface area contributed by atoms with Crippen molar-refractivity contribution in [2.24, 2.45) is 5.92 Å². The Hall–Kier alpha value is -1.55. The Kier molecular flexibility index (Phi) is 4.13. The number of likely N-dealkylation sites (N-methyl/N-ethyl adjacent to an activating group) is 1. The Morgan fingerprint density at radius 2 is 2.00 bits per heavy atom. The summed E-state index contributed by atoms with van der Waals surface area (Å²) in [5, 5.41) is 0. The molecule has 22 heavy (non-hydrogen) atoms. The van der Waals surface area contributed by atoms with E-state index >= 15 is 0 Å². The van der Waals surface area contributed by atoms with Gasteiger partial charge in [0.15, 0.2) is 11.5 Å². The molecule has 0 radical (unpaired) electrons. The molecule has 1 aliphatic heterocycles. The molecule has 3 rings (SSSR count). The fourth-order valence-corrected chi connectivity index (χ4v) is 4.42. The van der Waals surface area contributed by atoms with Crippen LogP contribution < -0.4 is 9.47 Å². The fraction of sp³-hybridized carbons (Fsp3) is 0.611. The van der Waals surface area contributed by atoms with Gasteiger partial charge in [0.25, 0.3) is 0 Å². The molecule has 4 heteroatoms. The van der Waals surface area contributed by atoms with Crippen LogP contribution in [0.15, 0.2) is 18.2 Å². The molecule has 0 N–H and O–H groups in total. The SMILES string of the molecule is COc1ccc(C23CCC(C=O)CC2N(C)CC3)cc1OC. The largest absolute Gasteiger partial charge is 0.493 e. The molecule has 3 atom stereocenters. The monoisotopic (exact) mass is 303 g/mol. The summed E-state index contributed by atoms with van der Waals surface area (Å²) in [6, 6.07) is 6.75. The van der Waals surface area contributed by atoms with Gasteiger partial charge in [-0.15, -0.1) is 0 Å². The first-order chi connectivity index (χ1) is 10.6. The van der Waals surface area contributed by atoms with Gasteiger partial charge in [-0.25, -0.2) is 0 Å². The minimum atomic E-state index is 0.147. The molecule has 1 aliphatic carbocycles. The smallest absolute Gasteiger partial charge is 0.161 e. The lowest BCUT2D eigenvalue weighted by atomic mass is 9.64. The topological polar surface area (TPSA) is 38.8 Å². The lowest BCUT2D eigenvalue weighted by Gasteiger charge is -2.43. The van der Waals surface area contributed by atoms with Crippen molar-refractivity contribution < 1.29 is 14.3 Å². The van der Waals surface area contributed by atoms with Gasteiger partial charge < -0.3 is 19.2 Å². The third-order valence-electron chi connectivity index (χ3n) is 5.72. The minimum absolute atomic E-state index is 0.147. The van der Waals surface area contributed by atoms with Crippen molar-refractivity contribution in [3.8, 4) is 11.5 Å². The minimum Gasteiger partial charge on any atom is -0.493 e. The quantitative estimate of drug-likeness (QED) is 0.802. The summed E-state index contributed by atoms with van der Waals surface area (Å²) in [7, 11) is 5.53. The Labute approximate surface area is 132 Å². The fourth-order valence-electron chi connectivity index (χ4n) is 4.42. The molecule has 2 aliphatic rings. The maximum Gasteiger partial charge on any atom is 0.161 e. The number of benzene rings is 1. The average molecular weight is 303 g/mol. The molecule has 0 amide bonds. The number of nitrogens with zero attached hydrogens (tertiary/aromatic N) is 1. The van der Waals surface area contributed by atoms with E-state index in [2.05, 4.69) is 24.1 Å². The second kappa shape index (κ2) is 5.92. The van der Waals surface area contributed by atoms with Crippen molar-refractivity contribution in [2.45, 2.75) is 37.1 Å². The van der Waals surface area contributed by atoms with Gasteiger partial charge in [-0.1, -0.05) is 6.07 Å². The van der Waals surface area contributed by atoms with E-state index in [1.807, 2.05) is 6.07 Å². The number of likely N-dealkylation sites (tertiary alicyclic amines) is 1. The molecular formula is C18H25NO3. The molecule has 1 saturated heterocycles. The summed E-state index contributed by atoms with van der Waals surface area (Å²) < 4.78 is 10.8. The molecule has 1 aromatic rings. The summed E-state index contributed by atoms with van der Waals surface area (Å²) in [6.07, 6.45) is 5.32. The number of carbonyl (C=O) groups excluding carboxylic acids is 1. The first-order valence-corrected chi connectivity index (χ1v) is 8.02. The van der Waals surface area contributed by atoms with Gasteiger partial charge in [0.1, 0.15) is 6.29 Å². The molecular weight excluding hydrogens is 278 g/mol. The van der Waals surface area contributed by atoms with Crippen LogP contribution >= 0.6 is 0 Å². The number of methoxy groups -OCH3 is 2. The third-order valence-corrected chi connectivity index (χ3v) is 5.72. The lowest BCUT2D eigenvalue weighted by Crippen LogP contribution is -2.46. The van der Waals surface area contributed by atoms with Crippen LogP contribution in [0.25, 0.3) is 0 Å². The zero-order valence-electron chi connectivity index (χ0n) is 13.7. The van der Waals surface area contributed by atoms with Crippen LogP contribution in [0.5, 0.6) is 11.5 Å². The van der Waals surface area contributed by atoms with Gasteiger partial charge in [-0.3, -0.25) is 0 Å². The zero-order chi connectivity index (χ0) is 15.7. The number of hydrogen-bond donors (Lipinski definition) is 0. The van der Waals surface area contributed by atoms with Crippen molar-refractivity contribution in [2.75, 3.05) is 27.8 Å². The van der Waals surface area contributed by atoms with Crippen LogP contribution in [0.3, 0.4) is 0 Å². The summed E-state index contributed by atoms with van der Waals surface area (Å²) in [4.78, 5) is 13.6. The van der Waals surface area contributed by atoms with Crippen molar-refractivity contribution in [1.82, 2.24) is 4.90 Å². The molecule has 3 unspecified atom stereocenters. The Morgan fingerprint density at radius 1 is 1.23 bits per heavy atom. The Morgan fingerprint density at radius 3 is 2.68 bits per heavy atom. The van der Waals surface area contributed by atoms with E-state index in [1.165, 1.54) is 5.56 Å². The summed E-state index contributed by atoms with van der Waals surface area (Å²) in [5.74, 6) is 1.77. The highest BCUT2D eigenvalue weighted by Crippen LogP contribution is 2.50. The van der Waals surface area contributed by atoms with Crippen molar-refractivity contribution in [1.29, 1.82) is 0 Å². The van der Waals surface area contributed by atoms with Crippen LogP contribution in [0.1, 0.15) is 31.2 Å². The van der Waals surface area contributed by atoms with Gasteiger partial charge in [0, 0.05) is 17.4 Å². The Bertz CT molecular complexity index is 559. The third kappa shape index (κ3) is 2.30. The number of hydrogen-bond acceptors (Lipinski definition) is 4. The lowest BCUT2D eigenvalue weighted by molar-refractivity contribution is -0.112. The van der Waals surface area contributed by atoms with E-state index in [0.717, 1.165) is 50.0 Å². The Balaban J connectivity index is 1.99. The average Bonchev–Trinajstić information content (AvgIpc) is 2.91. The first kappa shape index (κ1) is 15.3. The number of ether oxygens (including phenoxy) is 2. The summed E-state index contributed by atoms with van der Waals surface area (Å²) in [5.41, 5.74) is 1.47. The van der Waals surface area contributed by atoms with E-state index in [0.29, 0.717) is 6.04 Å². The highest BCUT2D eigenvalue weighted by Gasteiger charge is 2.50. The van der Waals surface area contributed by atoms with Gasteiger partial charge in [0.2, 0.25) is 0 Å². The van der Waals surface area contributed by atoms with Crippen LogP contribution in [0.2, 0.25) is 0 Å². The number of rotatable bonds is 4. The first-order valence-electron chi connectivity index (χ1n) is 8.02. The van der Waals surface area contributed by atoms with Gasteiger partial charge in [0.05, 0.1) is 14.2 Å².